The average molecular weight is 845 g/mol. The smallest absolute Gasteiger partial charge is 0.160 e. The number of allylic oxidation sites excluding steroid dienone is 1. The second-order valence-corrected chi connectivity index (χ2v) is 23.5. The lowest BCUT2D eigenvalue weighted by Crippen LogP contribution is -2.68. The number of fused-ring (bicyclic) bond motifs is 4. The standard InChI is InChI=1S/C54H72N2O6/c1-11-37-35(25-31-22-30(2)23-34(24-31)32-15-20-61-21-16-32)44-45-33(28-55-44)12-17-51(7,26-39(58)48-50(5,6)62-48)43-38(57)27-54(10)42(43)36(29-56(37)45)46(60)47-52(8)18-14-41(59)49(3,4)40(52)13-19-53(47,54)9/h11,22-24,28,32,36,39-40,46-48,58,60H,12-21,25-27,29H2,1-10H3. The number of aliphatic hydroxyl groups is 2. The third-order valence-corrected chi connectivity index (χ3v) is 19.2. The van der Waals surface area contributed by atoms with Gasteiger partial charge in [0.1, 0.15) is 11.9 Å². The van der Waals surface area contributed by atoms with Crippen LogP contribution in [0.25, 0.3) is 11.6 Å². The number of ether oxygens (including phenoxy) is 2. The molecule has 5 heterocycles. The molecule has 2 saturated heterocycles. The van der Waals surface area contributed by atoms with Crippen LogP contribution in [0.1, 0.15) is 155 Å². The van der Waals surface area contributed by atoms with Crippen molar-refractivity contribution in [1.82, 2.24) is 4.57 Å². The number of aromatic nitrogens is 1. The van der Waals surface area contributed by atoms with E-state index in [4.69, 9.17) is 14.5 Å². The minimum atomic E-state index is -0.740. The average Bonchev–Trinajstić information content (AvgIpc) is 3.44. The zero-order chi connectivity index (χ0) is 44.1. The van der Waals surface area contributed by atoms with E-state index in [0.717, 1.165) is 91.3 Å². The summed E-state index contributed by atoms with van der Waals surface area (Å²) in [6, 6.07) is 7.11. The molecule has 1 aromatic heterocycles. The molecule has 0 bridgehead atoms. The second-order valence-electron chi connectivity index (χ2n) is 23.5. The molecule has 0 amide bonds. The molecule has 10 unspecified atom stereocenters. The predicted molar refractivity (Wildman–Crippen MR) is 244 cm³/mol. The molecule has 0 radical (unpaired) electrons. The molecule has 8 aliphatic rings. The first-order chi connectivity index (χ1) is 29.2. The summed E-state index contributed by atoms with van der Waals surface area (Å²) in [7, 11) is 0. The highest BCUT2D eigenvalue weighted by molar-refractivity contribution is 6.07. The number of ketones is 2. The van der Waals surface area contributed by atoms with Crippen molar-refractivity contribution in [3.05, 3.63) is 62.3 Å². The quantitative estimate of drug-likeness (QED) is 0.283. The Hall–Kier alpha value is -3.17. The summed E-state index contributed by atoms with van der Waals surface area (Å²) in [6.45, 7) is 24.2. The molecule has 10 rings (SSSR count). The Balaban J connectivity index is 1.17. The van der Waals surface area contributed by atoms with E-state index in [1.807, 2.05) is 13.8 Å². The highest BCUT2D eigenvalue weighted by Crippen LogP contribution is 2.75. The van der Waals surface area contributed by atoms with Crippen molar-refractivity contribution in [2.45, 2.75) is 176 Å². The summed E-state index contributed by atoms with van der Waals surface area (Å²) in [4.78, 5) is 34.2. The summed E-state index contributed by atoms with van der Waals surface area (Å²) in [5, 5.41) is 27.9. The zero-order valence-electron chi connectivity index (χ0n) is 39.2. The van der Waals surface area contributed by atoms with Crippen LogP contribution in [-0.2, 0) is 32.0 Å². The van der Waals surface area contributed by atoms with Gasteiger partial charge in [-0.1, -0.05) is 71.4 Å². The maximum absolute atomic E-state index is 15.3. The molecular formula is C54H72N2O6. The van der Waals surface area contributed by atoms with Crippen LogP contribution < -0.4 is 10.7 Å². The van der Waals surface area contributed by atoms with Gasteiger partial charge in [0, 0.05) is 78.5 Å². The molecule has 4 aliphatic heterocycles. The molecule has 8 heteroatoms. The van der Waals surface area contributed by atoms with Gasteiger partial charge in [0.25, 0.3) is 0 Å². The number of hydrogen-bond donors (Lipinski definition) is 2. The fourth-order valence-corrected chi connectivity index (χ4v) is 16.0. The molecule has 5 fully saturated rings. The van der Waals surface area contributed by atoms with E-state index in [9.17, 15) is 15.0 Å². The number of Topliss-reactive ketones (excluding diaryl/α,β-unsaturated/α-hetero) is 2. The number of rotatable bonds is 6. The highest BCUT2D eigenvalue weighted by Gasteiger charge is 2.72. The molecular weight excluding hydrogens is 773 g/mol. The fourth-order valence-electron chi connectivity index (χ4n) is 16.0. The van der Waals surface area contributed by atoms with Crippen LogP contribution in [0.3, 0.4) is 0 Å². The van der Waals surface area contributed by atoms with Crippen molar-refractivity contribution in [3.8, 4) is 0 Å². The van der Waals surface area contributed by atoms with Gasteiger partial charge in [-0.05, 0) is 135 Å². The number of aliphatic imine (C=N–C) groups is 1. The second kappa shape index (κ2) is 14.2. The van der Waals surface area contributed by atoms with Crippen LogP contribution in [0.15, 0.2) is 34.3 Å². The molecule has 62 heavy (non-hydrogen) atoms. The number of hydrogen-bond acceptors (Lipinski definition) is 7. The largest absolute Gasteiger partial charge is 0.392 e. The van der Waals surface area contributed by atoms with E-state index in [1.54, 1.807) is 0 Å². The van der Waals surface area contributed by atoms with Crippen LogP contribution in [0, 0.1) is 51.8 Å². The number of carbonyl (C=O) groups is 2. The van der Waals surface area contributed by atoms with Gasteiger partial charge in [-0.25, -0.2) is 0 Å². The molecule has 334 valence electrons. The number of aryl methyl sites for hydroxylation is 1. The van der Waals surface area contributed by atoms with Crippen LogP contribution >= 0.6 is 0 Å². The normalized spacial score (nSPS) is 39.1. The Labute approximate surface area is 369 Å². The van der Waals surface area contributed by atoms with Crippen molar-refractivity contribution in [2.75, 3.05) is 13.2 Å². The Morgan fingerprint density at radius 2 is 1.69 bits per heavy atom. The predicted octanol–water partition coefficient (Wildman–Crippen LogP) is 8.37. The molecule has 10 atom stereocenters. The summed E-state index contributed by atoms with van der Waals surface area (Å²) < 4.78 is 14.3. The first-order valence-electron chi connectivity index (χ1n) is 24.2. The minimum Gasteiger partial charge on any atom is -0.392 e. The monoisotopic (exact) mass is 845 g/mol. The van der Waals surface area contributed by atoms with Crippen molar-refractivity contribution < 1.29 is 29.3 Å². The molecule has 2 aromatic rings. The van der Waals surface area contributed by atoms with Crippen molar-refractivity contribution in [2.24, 2.45) is 49.8 Å². The molecule has 4 aliphatic carbocycles. The van der Waals surface area contributed by atoms with Crippen LogP contribution in [0.2, 0.25) is 0 Å². The first-order valence-corrected chi connectivity index (χ1v) is 24.2. The third kappa shape index (κ3) is 6.00. The molecule has 3 saturated carbocycles. The fraction of sp³-hybridized carbons (Fsp3) is 0.685. The van der Waals surface area contributed by atoms with Gasteiger partial charge in [-0.15, -0.1) is 0 Å². The van der Waals surface area contributed by atoms with E-state index in [1.165, 1.54) is 22.3 Å². The summed E-state index contributed by atoms with van der Waals surface area (Å²) in [5.41, 5.74) is 6.67. The number of carbonyl (C=O) groups excluding carboxylic acids is 2. The molecule has 8 nitrogen and oxygen atoms in total. The van der Waals surface area contributed by atoms with Gasteiger partial charge in [0.2, 0.25) is 0 Å². The Kier molecular flexibility index (Phi) is 9.77. The topological polar surface area (TPSA) is 114 Å². The first kappa shape index (κ1) is 42.8. The lowest BCUT2D eigenvalue weighted by Gasteiger charge is -2.70. The van der Waals surface area contributed by atoms with Crippen LogP contribution in [-0.4, -0.2) is 69.7 Å². The van der Waals surface area contributed by atoms with Gasteiger partial charge in [0.05, 0.1) is 28.8 Å². The van der Waals surface area contributed by atoms with E-state index in [-0.39, 0.29) is 40.5 Å². The number of aliphatic hydroxyl groups excluding tert-OH is 2. The molecule has 1 aromatic carbocycles. The maximum atomic E-state index is 15.3. The highest BCUT2D eigenvalue weighted by atomic mass is 16.6. The van der Waals surface area contributed by atoms with Gasteiger partial charge in [-0.2, -0.15) is 0 Å². The summed E-state index contributed by atoms with van der Waals surface area (Å²) >= 11 is 0. The minimum absolute atomic E-state index is 0.111. The maximum Gasteiger partial charge on any atom is 0.160 e. The van der Waals surface area contributed by atoms with Gasteiger partial charge in [0.15, 0.2) is 5.78 Å². The van der Waals surface area contributed by atoms with E-state index >= 15 is 4.79 Å². The van der Waals surface area contributed by atoms with Crippen molar-refractivity contribution in [1.29, 1.82) is 0 Å². The van der Waals surface area contributed by atoms with Crippen molar-refractivity contribution in [3.63, 3.8) is 0 Å². The van der Waals surface area contributed by atoms with Gasteiger partial charge >= 0.3 is 0 Å². The van der Waals surface area contributed by atoms with E-state index in [0.29, 0.717) is 43.9 Å². The lowest BCUT2D eigenvalue weighted by molar-refractivity contribution is -0.220. The molecule has 0 spiro atoms. The van der Waals surface area contributed by atoms with E-state index in [2.05, 4.69) is 90.4 Å². The third-order valence-electron chi connectivity index (χ3n) is 19.2. The van der Waals surface area contributed by atoms with Crippen LogP contribution in [0.4, 0.5) is 5.69 Å². The zero-order valence-corrected chi connectivity index (χ0v) is 39.2. The molecule has 2 N–H and O–H groups in total. The Bertz CT molecular complexity index is 2450. The summed E-state index contributed by atoms with van der Waals surface area (Å²) in [5.74, 6) is 0.708. The number of epoxide rings is 1. The van der Waals surface area contributed by atoms with Crippen LogP contribution in [0.5, 0.6) is 0 Å². The Morgan fingerprint density at radius 3 is 2.39 bits per heavy atom. The number of nitrogens with zero attached hydrogens (tertiary/aromatic N) is 2. The van der Waals surface area contributed by atoms with Gasteiger partial charge < -0.3 is 24.3 Å². The number of benzene rings is 1. The van der Waals surface area contributed by atoms with Crippen molar-refractivity contribution >= 4 is 35.1 Å². The van der Waals surface area contributed by atoms with Gasteiger partial charge in [-0.3, -0.25) is 14.6 Å². The Morgan fingerprint density at radius 1 is 0.968 bits per heavy atom. The SMILES string of the molecule is CC=c1c(Cc2cc(C)cc(C3CCOCC3)c2)c2c3n1CC1C4=C(C(=O)CC4(C)C4(C)CCC5C(C)(C)C(=O)CCC5(C)C4C1O)C(C)(CC(O)C1OC1(C)C)CCC=3C=N2. The summed E-state index contributed by atoms with van der Waals surface area (Å²) in [6.07, 6.45) is 10.7. The lowest BCUT2D eigenvalue weighted by atomic mass is 9.34. The van der Waals surface area contributed by atoms with E-state index < -0.39 is 34.1 Å².